The molecule has 0 aliphatic rings. The van der Waals surface area contributed by atoms with Gasteiger partial charge in [0.05, 0.1) is 35.9 Å². The molecule has 0 unspecified atom stereocenters. The van der Waals surface area contributed by atoms with Crippen molar-refractivity contribution in [3.8, 4) is 22.8 Å². The Hall–Kier alpha value is -3.89. The van der Waals surface area contributed by atoms with E-state index in [0.717, 1.165) is 21.0 Å². The first-order valence-corrected chi connectivity index (χ1v) is 11.8. The maximum atomic E-state index is 11.3. The molecule has 0 aliphatic carbocycles. The van der Waals surface area contributed by atoms with Crippen LogP contribution in [0.1, 0.15) is 5.56 Å². The summed E-state index contributed by atoms with van der Waals surface area (Å²) in [6, 6.07) is 20.0. The molecule has 1 aromatic heterocycles. The van der Waals surface area contributed by atoms with Crippen molar-refractivity contribution in [1.82, 2.24) is 4.98 Å². The molecule has 0 fully saturated rings. The van der Waals surface area contributed by atoms with E-state index in [2.05, 4.69) is 15.5 Å². The van der Waals surface area contributed by atoms with Gasteiger partial charge in [-0.05, 0) is 24.3 Å². The minimum absolute atomic E-state index is 0.0241. The molecule has 0 amide bonds. The fraction of sp³-hybridized carbons (Fsp3) is 0.0833. The van der Waals surface area contributed by atoms with E-state index >= 15 is 0 Å². The van der Waals surface area contributed by atoms with Crippen LogP contribution in [-0.2, 0) is 0 Å². The van der Waals surface area contributed by atoms with Crippen LogP contribution in [0.15, 0.2) is 87.0 Å². The minimum Gasteiger partial charge on any atom is -0.497 e. The van der Waals surface area contributed by atoms with Crippen LogP contribution in [-0.4, -0.2) is 30.3 Å². The van der Waals surface area contributed by atoms with Crippen LogP contribution >= 0.6 is 23.1 Å². The van der Waals surface area contributed by atoms with Gasteiger partial charge in [0.2, 0.25) is 5.13 Å². The molecule has 8 nitrogen and oxygen atoms in total. The number of thiazole rings is 1. The van der Waals surface area contributed by atoms with Crippen molar-refractivity contribution in [2.24, 2.45) is 5.10 Å². The highest BCUT2D eigenvalue weighted by Crippen LogP contribution is 2.39. The highest BCUT2D eigenvalue weighted by atomic mass is 32.2. The van der Waals surface area contributed by atoms with Gasteiger partial charge in [0.15, 0.2) is 0 Å². The molecule has 0 bridgehead atoms. The van der Waals surface area contributed by atoms with E-state index in [-0.39, 0.29) is 5.69 Å². The number of non-ortho nitro benzene ring substituents is 1. The summed E-state index contributed by atoms with van der Waals surface area (Å²) in [7, 11) is 3.18. The fourth-order valence-electron chi connectivity index (χ4n) is 3.05. The monoisotopic (exact) mass is 492 g/mol. The average molecular weight is 493 g/mol. The number of hydrogen-bond donors (Lipinski definition) is 1. The molecule has 1 heterocycles. The van der Waals surface area contributed by atoms with Gasteiger partial charge in [-0.25, -0.2) is 4.98 Å². The second-order valence-electron chi connectivity index (χ2n) is 6.87. The first-order valence-electron chi connectivity index (χ1n) is 10.1. The number of nitro groups is 1. The molecule has 0 atom stereocenters. The third-order valence-electron chi connectivity index (χ3n) is 4.73. The lowest BCUT2D eigenvalue weighted by Gasteiger charge is -2.11. The zero-order valence-corrected chi connectivity index (χ0v) is 19.9. The molecule has 0 saturated heterocycles. The maximum Gasteiger partial charge on any atom is 0.270 e. The fourth-order valence-corrected chi connectivity index (χ4v) is 4.75. The summed E-state index contributed by atoms with van der Waals surface area (Å²) < 4.78 is 10.8. The van der Waals surface area contributed by atoms with Crippen LogP contribution in [0.2, 0.25) is 0 Å². The Bertz CT molecular complexity index is 1330. The molecular formula is C24H20N4O4S2. The number of benzene rings is 3. The number of methoxy groups -OCH3 is 2. The summed E-state index contributed by atoms with van der Waals surface area (Å²) in [5.41, 5.74) is 5.33. The largest absolute Gasteiger partial charge is 0.497 e. The average Bonchev–Trinajstić information content (AvgIpc) is 3.34. The number of nitrogens with zero attached hydrogens (tertiary/aromatic N) is 3. The molecule has 3 aromatic carbocycles. The lowest BCUT2D eigenvalue weighted by Crippen LogP contribution is -1.96. The second-order valence-corrected chi connectivity index (χ2v) is 8.81. The van der Waals surface area contributed by atoms with Gasteiger partial charge in [-0.15, -0.1) is 11.3 Å². The number of nitrogens with one attached hydrogen (secondary N) is 1. The van der Waals surface area contributed by atoms with Crippen molar-refractivity contribution in [1.29, 1.82) is 0 Å². The van der Waals surface area contributed by atoms with Crippen LogP contribution < -0.4 is 14.9 Å². The van der Waals surface area contributed by atoms with Gasteiger partial charge in [0, 0.05) is 33.5 Å². The summed E-state index contributed by atoms with van der Waals surface area (Å²) in [4.78, 5) is 17.0. The van der Waals surface area contributed by atoms with Crippen LogP contribution in [0, 0.1) is 10.1 Å². The van der Waals surface area contributed by atoms with Gasteiger partial charge in [-0.2, -0.15) is 5.10 Å². The van der Waals surface area contributed by atoms with Gasteiger partial charge < -0.3 is 9.47 Å². The zero-order valence-electron chi connectivity index (χ0n) is 18.3. The number of anilines is 1. The Balaban J connectivity index is 1.58. The highest BCUT2D eigenvalue weighted by Gasteiger charge is 2.14. The number of hydrogen-bond acceptors (Lipinski definition) is 9. The number of rotatable bonds is 9. The molecule has 4 aromatic rings. The summed E-state index contributed by atoms with van der Waals surface area (Å²) in [5.74, 6) is 1.35. The van der Waals surface area contributed by atoms with Crippen LogP contribution in [0.25, 0.3) is 11.3 Å². The Morgan fingerprint density at radius 3 is 2.62 bits per heavy atom. The molecular weight excluding hydrogens is 472 g/mol. The van der Waals surface area contributed by atoms with Gasteiger partial charge in [-0.3, -0.25) is 15.5 Å². The third kappa shape index (κ3) is 5.53. The van der Waals surface area contributed by atoms with Gasteiger partial charge in [0.25, 0.3) is 5.69 Å². The second kappa shape index (κ2) is 10.8. The standard InChI is InChI=1S/C24H20N4O4S2/c1-31-19-9-10-21(32-2)23(13-19)34-22-11-8-18(28(29)30)12-17(22)14-25-27-24-26-20(15-33-24)16-6-4-3-5-7-16/h3-15H,1-2H3,(H,26,27). The van der Waals surface area contributed by atoms with Crippen molar-refractivity contribution in [2.75, 3.05) is 19.6 Å². The van der Waals surface area contributed by atoms with Crippen molar-refractivity contribution >= 4 is 40.1 Å². The van der Waals surface area contributed by atoms with E-state index in [9.17, 15) is 10.1 Å². The smallest absolute Gasteiger partial charge is 0.270 e. The third-order valence-corrected chi connectivity index (χ3v) is 6.61. The minimum atomic E-state index is -0.432. The number of ether oxygens (including phenoxy) is 2. The lowest BCUT2D eigenvalue weighted by atomic mass is 10.2. The lowest BCUT2D eigenvalue weighted by molar-refractivity contribution is -0.384. The van der Waals surface area contributed by atoms with E-state index in [1.54, 1.807) is 26.5 Å². The van der Waals surface area contributed by atoms with Crippen molar-refractivity contribution in [3.63, 3.8) is 0 Å². The van der Waals surface area contributed by atoms with Crippen molar-refractivity contribution in [2.45, 2.75) is 9.79 Å². The molecule has 0 spiro atoms. The highest BCUT2D eigenvalue weighted by molar-refractivity contribution is 7.99. The Morgan fingerprint density at radius 1 is 1.06 bits per heavy atom. The summed E-state index contributed by atoms with van der Waals surface area (Å²) in [6.45, 7) is 0. The molecule has 34 heavy (non-hydrogen) atoms. The molecule has 0 radical (unpaired) electrons. The quantitative estimate of drug-likeness (QED) is 0.165. The SMILES string of the molecule is COc1ccc(OC)c(Sc2ccc([N+](=O)[O-])cc2C=NNc2nc(-c3ccccc3)cs2)c1. The van der Waals surface area contributed by atoms with Gasteiger partial charge in [-0.1, -0.05) is 42.1 Å². The molecule has 0 aliphatic heterocycles. The zero-order chi connectivity index (χ0) is 23.9. The maximum absolute atomic E-state index is 11.3. The van der Waals surface area contributed by atoms with E-state index < -0.39 is 4.92 Å². The molecule has 4 rings (SSSR count). The molecule has 172 valence electrons. The predicted molar refractivity (Wildman–Crippen MR) is 136 cm³/mol. The van der Waals surface area contributed by atoms with Gasteiger partial charge >= 0.3 is 0 Å². The van der Waals surface area contributed by atoms with Crippen molar-refractivity contribution in [3.05, 3.63) is 87.8 Å². The summed E-state index contributed by atoms with van der Waals surface area (Å²) in [5, 5.41) is 18.2. The molecule has 10 heteroatoms. The van der Waals surface area contributed by atoms with Crippen LogP contribution in [0.5, 0.6) is 11.5 Å². The molecule has 1 N–H and O–H groups in total. The van der Waals surface area contributed by atoms with Gasteiger partial charge in [0.1, 0.15) is 11.5 Å². The van der Waals surface area contributed by atoms with E-state index in [4.69, 9.17) is 9.47 Å². The predicted octanol–water partition coefficient (Wildman–Crippen LogP) is 6.33. The Kier molecular flexibility index (Phi) is 7.41. The molecule has 0 saturated carbocycles. The van der Waals surface area contributed by atoms with Crippen molar-refractivity contribution < 1.29 is 14.4 Å². The number of hydrazone groups is 1. The van der Waals surface area contributed by atoms with E-state index in [0.29, 0.717) is 22.2 Å². The first kappa shape index (κ1) is 23.3. The number of nitro benzene ring substituents is 1. The first-order chi connectivity index (χ1) is 16.6. The Labute approximate surface area is 204 Å². The topological polar surface area (TPSA) is 98.9 Å². The summed E-state index contributed by atoms with van der Waals surface area (Å²) >= 11 is 2.83. The summed E-state index contributed by atoms with van der Waals surface area (Å²) in [6.07, 6.45) is 1.55. The normalized spacial score (nSPS) is 10.9. The number of aromatic nitrogens is 1. The van der Waals surface area contributed by atoms with Crippen LogP contribution in [0.3, 0.4) is 0 Å². The van der Waals surface area contributed by atoms with E-state index in [1.165, 1.54) is 35.2 Å². The Morgan fingerprint density at radius 2 is 1.88 bits per heavy atom. The van der Waals surface area contributed by atoms with Crippen LogP contribution in [0.4, 0.5) is 10.8 Å². The van der Waals surface area contributed by atoms with E-state index in [1.807, 2.05) is 53.9 Å².